The molecule has 134 valence electrons. The maximum Gasteiger partial charge on any atom is 0.416 e. The zero-order chi connectivity index (χ0) is 18.1. The molecular formula is C17H22F3NO3. The number of hydrogen-bond donors (Lipinski definition) is 0. The smallest absolute Gasteiger partial charge is 0.416 e. The number of fused-ring (bicyclic) bond motifs is 1. The Morgan fingerprint density at radius 2 is 2.00 bits per heavy atom. The van der Waals surface area contributed by atoms with Crippen LogP contribution in [-0.2, 0) is 22.3 Å². The van der Waals surface area contributed by atoms with Crippen molar-refractivity contribution in [2.45, 2.75) is 52.1 Å². The Labute approximate surface area is 139 Å². The first-order chi connectivity index (χ1) is 11.0. The predicted octanol–water partition coefficient (Wildman–Crippen LogP) is 4.53. The van der Waals surface area contributed by atoms with Gasteiger partial charge in [-0.3, -0.25) is 4.90 Å². The third-order valence-corrected chi connectivity index (χ3v) is 3.71. The fraction of sp³-hybridized carbons (Fsp3) is 0.588. The Bertz CT molecular complexity index is 608. The van der Waals surface area contributed by atoms with E-state index in [0.29, 0.717) is 17.7 Å². The van der Waals surface area contributed by atoms with Gasteiger partial charge in [-0.15, -0.1) is 0 Å². The molecular weight excluding hydrogens is 323 g/mol. The Hall–Kier alpha value is -1.76. The zero-order valence-corrected chi connectivity index (χ0v) is 14.2. The molecule has 1 aliphatic rings. The Morgan fingerprint density at radius 1 is 1.33 bits per heavy atom. The third-order valence-electron chi connectivity index (χ3n) is 3.71. The number of carbonyl (C=O) groups excluding carboxylic acids is 1. The van der Waals surface area contributed by atoms with Gasteiger partial charge in [0.1, 0.15) is 5.60 Å². The standard InChI is InChI=1S/C17H22F3NO3/c1-5-21(15(22)24-16(2,3)4)14-10-23-9-11-8-12(17(18,19)20)6-7-13(11)14/h6-8,14H,5,9-10H2,1-4H3. The van der Waals surface area contributed by atoms with Gasteiger partial charge in [-0.2, -0.15) is 13.2 Å². The maximum absolute atomic E-state index is 12.9. The quantitative estimate of drug-likeness (QED) is 0.790. The highest BCUT2D eigenvalue weighted by Gasteiger charge is 2.35. The van der Waals surface area contributed by atoms with E-state index in [4.69, 9.17) is 9.47 Å². The third kappa shape index (κ3) is 4.20. The van der Waals surface area contributed by atoms with Gasteiger partial charge in [0, 0.05) is 6.54 Å². The Balaban J connectivity index is 2.32. The Kier molecular flexibility index (Phi) is 5.13. The number of carbonyl (C=O) groups is 1. The molecule has 4 nitrogen and oxygen atoms in total. The lowest BCUT2D eigenvalue weighted by atomic mass is 9.95. The fourth-order valence-electron chi connectivity index (χ4n) is 2.66. The summed E-state index contributed by atoms with van der Waals surface area (Å²) >= 11 is 0. The van der Waals surface area contributed by atoms with E-state index in [0.717, 1.165) is 12.1 Å². The van der Waals surface area contributed by atoms with Gasteiger partial charge in [0.25, 0.3) is 0 Å². The Morgan fingerprint density at radius 3 is 2.54 bits per heavy atom. The number of halogens is 3. The van der Waals surface area contributed by atoms with E-state index in [1.54, 1.807) is 27.7 Å². The van der Waals surface area contributed by atoms with Crippen molar-refractivity contribution in [1.29, 1.82) is 0 Å². The second-order valence-corrected chi connectivity index (χ2v) is 6.71. The normalized spacial score (nSPS) is 18.0. The number of ether oxygens (including phenoxy) is 2. The predicted molar refractivity (Wildman–Crippen MR) is 82.5 cm³/mol. The zero-order valence-electron chi connectivity index (χ0n) is 14.2. The van der Waals surface area contributed by atoms with Crippen LogP contribution in [0.15, 0.2) is 18.2 Å². The number of benzene rings is 1. The molecule has 1 aromatic rings. The summed E-state index contributed by atoms with van der Waals surface area (Å²) in [6.45, 7) is 7.78. The van der Waals surface area contributed by atoms with E-state index in [-0.39, 0.29) is 13.2 Å². The highest BCUT2D eigenvalue weighted by molar-refractivity contribution is 5.69. The van der Waals surface area contributed by atoms with Crippen LogP contribution in [0.4, 0.5) is 18.0 Å². The van der Waals surface area contributed by atoms with Gasteiger partial charge in [0.15, 0.2) is 0 Å². The number of likely N-dealkylation sites (N-methyl/N-ethyl adjacent to an activating group) is 1. The first-order valence-corrected chi connectivity index (χ1v) is 7.80. The summed E-state index contributed by atoms with van der Waals surface area (Å²) in [4.78, 5) is 13.9. The molecule has 24 heavy (non-hydrogen) atoms. The number of nitrogens with zero attached hydrogens (tertiary/aromatic N) is 1. The van der Waals surface area contributed by atoms with Crippen molar-refractivity contribution < 1.29 is 27.4 Å². The van der Waals surface area contributed by atoms with Crippen molar-refractivity contribution in [1.82, 2.24) is 4.90 Å². The molecule has 2 rings (SSSR count). The van der Waals surface area contributed by atoms with E-state index in [2.05, 4.69) is 0 Å². The topological polar surface area (TPSA) is 38.8 Å². The van der Waals surface area contributed by atoms with Gasteiger partial charge < -0.3 is 9.47 Å². The molecule has 1 aromatic carbocycles. The van der Waals surface area contributed by atoms with Crippen LogP contribution in [0.25, 0.3) is 0 Å². The van der Waals surface area contributed by atoms with E-state index in [9.17, 15) is 18.0 Å². The van der Waals surface area contributed by atoms with Crippen molar-refractivity contribution in [3.63, 3.8) is 0 Å². The first kappa shape index (κ1) is 18.6. The lowest BCUT2D eigenvalue weighted by molar-refractivity contribution is -0.137. The molecule has 0 saturated carbocycles. The molecule has 0 fully saturated rings. The summed E-state index contributed by atoms with van der Waals surface area (Å²) in [5.41, 5.74) is -0.251. The van der Waals surface area contributed by atoms with E-state index >= 15 is 0 Å². The van der Waals surface area contributed by atoms with Gasteiger partial charge >= 0.3 is 12.3 Å². The second-order valence-electron chi connectivity index (χ2n) is 6.71. The van der Waals surface area contributed by atoms with Gasteiger partial charge in [-0.25, -0.2) is 4.79 Å². The summed E-state index contributed by atoms with van der Waals surface area (Å²) in [7, 11) is 0. The molecule has 0 saturated heterocycles. The lowest BCUT2D eigenvalue weighted by Crippen LogP contribution is -2.42. The number of alkyl halides is 3. The van der Waals surface area contributed by atoms with Crippen LogP contribution in [0.1, 0.15) is 50.4 Å². The summed E-state index contributed by atoms with van der Waals surface area (Å²) in [6.07, 6.45) is -4.91. The minimum Gasteiger partial charge on any atom is -0.444 e. The van der Waals surface area contributed by atoms with Crippen LogP contribution in [0.2, 0.25) is 0 Å². The van der Waals surface area contributed by atoms with Crippen LogP contribution in [0.3, 0.4) is 0 Å². The molecule has 1 aliphatic heterocycles. The first-order valence-electron chi connectivity index (χ1n) is 7.80. The monoisotopic (exact) mass is 345 g/mol. The molecule has 1 heterocycles. The molecule has 0 aliphatic carbocycles. The molecule has 0 spiro atoms. The summed E-state index contributed by atoms with van der Waals surface area (Å²) < 4.78 is 49.4. The van der Waals surface area contributed by atoms with Crippen LogP contribution >= 0.6 is 0 Å². The molecule has 7 heteroatoms. The number of amides is 1. The molecule has 0 N–H and O–H groups in total. The van der Waals surface area contributed by atoms with Crippen molar-refractivity contribution in [3.05, 3.63) is 34.9 Å². The van der Waals surface area contributed by atoms with Gasteiger partial charge in [0.2, 0.25) is 0 Å². The minimum absolute atomic E-state index is 0.0988. The highest BCUT2D eigenvalue weighted by atomic mass is 19.4. The van der Waals surface area contributed by atoms with E-state index in [1.807, 2.05) is 0 Å². The van der Waals surface area contributed by atoms with Gasteiger partial charge in [0.05, 0.1) is 24.8 Å². The van der Waals surface area contributed by atoms with E-state index in [1.165, 1.54) is 11.0 Å². The van der Waals surface area contributed by atoms with Crippen LogP contribution in [0, 0.1) is 0 Å². The highest BCUT2D eigenvalue weighted by Crippen LogP contribution is 2.36. The molecule has 1 amide bonds. The van der Waals surface area contributed by atoms with Crippen molar-refractivity contribution in [2.24, 2.45) is 0 Å². The van der Waals surface area contributed by atoms with Gasteiger partial charge in [-0.05, 0) is 51.0 Å². The largest absolute Gasteiger partial charge is 0.444 e. The van der Waals surface area contributed by atoms with Crippen molar-refractivity contribution in [3.8, 4) is 0 Å². The average Bonchev–Trinajstić information content (AvgIpc) is 2.44. The molecule has 0 bridgehead atoms. The van der Waals surface area contributed by atoms with Crippen molar-refractivity contribution >= 4 is 6.09 Å². The summed E-state index contributed by atoms with van der Waals surface area (Å²) in [6, 6.07) is 3.10. The maximum atomic E-state index is 12.9. The van der Waals surface area contributed by atoms with Crippen LogP contribution < -0.4 is 0 Å². The van der Waals surface area contributed by atoms with Crippen LogP contribution in [-0.4, -0.2) is 29.7 Å². The molecule has 0 aromatic heterocycles. The molecule has 0 radical (unpaired) electrons. The van der Waals surface area contributed by atoms with Crippen molar-refractivity contribution in [2.75, 3.05) is 13.2 Å². The number of hydrogen-bond acceptors (Lipinski definition) is 3. The average molecular weight is 345 g/mol. The fourth-order valence-corrected chi connectivity index (χ4v) is 2.66. The minimum atomic E-state index is -4.41. The molecule has 1 atom stereocenters. The summed E-state index contributed by atoms with van der Waals surface area (Å²) in [5.74, 6) is 0. The second kappa shape index (κ2) is 6.63. The van der Waals surface area contributed by atoms with E-state index < -0.39 is 29.5 Å². The SMILES string of the molecule is CCN(C(=O)OC(C)(C)C)C1COCc2cc(C(F)(F)F)ccc21. The molecule has 1 unspecified atom stereocenters. The number of rotatable bonds is 2. The summed E-state index contributed by atoms with van der Waals surface area (Å²) in [5, 5.41) is 0. The van der Waals surface area contributed by atoms with Gasteiger partial charge in [-0.1, -0.05) is 6.07 Å². The van der Waals surface area contributed by atoms with Crippen LogP contribution in [0.5, 0.6) is 0 Å². The lowest BCUT2D eigenvalue weighted by Gasteiger charge is -2.36.